The minimum atomic E-state index is -1.69. The lowest BCUT2D eigenvalue weighted by molar-refractivity contribution is 3.80. The summed E-state index contributed by atoms with van der Waals surface area (Å²) in [6.07, 6.45) is 0. The van der Waals surface area contributed by atoms with Crippen LogP contribution in [0.4, 0.5) is 0 Å². The Bertz CT molecular complexity index is 389. The zero-order valence-electron chi connectivity index (χ0n) is 22.1. The van der Waals surface area contributed by atoms with Crippen LogP contribution in [-0.2, 0) is 0 Å². The maximum atomic E-state index is 7.98. The maximum absolute atomic E-state index is 7.98. The van der Waals surface area contributed by atoms with E-state index in [1.807, 2.05) is 0 Å². The van der Waals surface area contributed by atoms with Gasteiger partial charge in [0.25, 0.3) is 0 Å². The van der Waals surface area contributed by atoms with Gasteiger partial charge in [-0.25, -0.2) is 0 Å². The molecule has 0 heterocycles. The third-order valence-electron chi connectivity index (χ3n) is 1.22. The average Bonchev–Trinajstić information content (AvgIpc) is 2.72. The van der Waals surface area contributed by atoms with E-state index < -0.39 is 84.3 Å². The molecule has 0 rings (SSSR count). The van der Waals surface area contributed by atoms with Gasteiger partial charge in [-0.2, -0.15) is 0 Å². The van der Waals surface area contributed by atoms with Gasteiger partial charge in [0.15, 0.2) is 0 Å². The molecule has 0 fully saturated rings. The van der Waals surface area contributed by atoms with Crippen LogP contribution in [0.1, 0.15) is 0 Å². The first-order valence-corrected chi connectivity index (χ1v) is 4.33. The van der Waals surface area contributed by atoms with Crippen LogP contribution in [0.2, 0.25) is 0 Å². The molecule has 0 saturated heterocycles. The predicted molar refractivity (Wildman–Crippen MR) is 100 cm³/mol. The van der Waals surface area contributed by atoms with Crippen molar-refractivity contribution in [2.24, 2.45) is 0 Å². The Kier molecular flexibility index (Phi) is 3.68. The van der Waals surface area contributed by atoms with Crippen LogP contribution < -0.4 is 0 Å². The molecule has 0 spiro atoms. The largest absolute Gasteiger partial charge is 0.0379 e. The molecule has 14 heteroatoms. The lowest BCUT2D eigenvalue weighted by Crippen LogP contribution is -2.34. The van der Waals surface area contributed by atoms with Gasteiger partial charge >= 0.3 is 0 Å². The first kappa shape index (κ1) is 3.70. The van der Waals surface area contributed by atoms with E-state index in [9.17, 15) is 0 Å². The molecule has 0 nitrogen and oxygen atoms in total. The molecule has 2 radical (unpaired) electrons. The maximum Gasteiger partial charge on any atom is 0.0379 e. The molecule has 0 saturated carbocycles. The quantitative estimate of drug-likeness (QED) is 0.247. The molecule has 14 heavy (non-hydrogen) atoms. The van der Waals surface area contributed by atoms with Gasteiger partial charge < -0.3 is 0 Å². The molecular weight excluding hydrogens is 151 g/mol. The molecule has 0 aromatic rings. The van der Waals surface area contributed by atoms with E-state index in [1.54, 1.807) is 0 Å². The molecule has 0 amide bonds. The van der Waals surface area contributed by atoms with E-state index in [2.05, 4.69) is 0 Å². The van der Waals surface area contributed by atoms with E-state index in [1.165, 1.54) is 0 Å². The molecular formula is H14B14. The van der Waals surface area contributed by atoms with E-state index >= 15 is 0 Å². The Morgan fingerprint density at radius 2 is 0.857 bits per heavy atom. The van der Waals surface area contributed by atoms with Crippen LogP contribution in [-0.4, -0.2) is 118 Å². The summed E-state index contributed by atoms with van der Waals surface area (Å²) in [4.78, 5) is 0. The summed E-state index contributed by atoms with van der Waals surface area (Å²) >= 11 is 0. The lowest BCUT2D eigenvalue weighted by Gasteiger charge is -1.92. The third-order valence-corrected chi connectivity index (χ3v) is 1.22. The summed E-state index contributed by atoms with van der Waals surface area (Å²) in [5.74, 6) is 0. The molecule has 0 bridgehead atoms. The Morgan fingerprint density at radius 1 is 0.571 bits per heavy atom. The van der Waals surface area contributed by atoms with Gasteiger partial charge in [-0.05, 0) is 18.7 Å². The lowest BCUT2D eigenvalue weighted by atomic mass is 8.86. The fraction of sp³-hybridized carbons (Fsp3) is 0. The molecule has 56 valence electrons. The fourth-order valence-corrected chi connectivity index (χ4v) is 0.642. The Morgan fingerprint density at radius 3 is 1.14 bits per heavy atom. The van der Waals surface area contributed by atoms with Crippen LogP contribution in [0.5, 0.6) is 0 Å². The first-order chi connectivity index (χ1) is 12.8. The highest BCUT2D eigenvalue weighted by Gasteiger charge is 2.00. The molecule has 0 aliphatic carbocycles. The van der Waals surface area contributed by atoms with E-state index in [0.29, 0.717) is 15.4 Å². The second-order valence-electron chi connectivity index (χ2n) is 2.31. The summed E-state index contributed by atoms with van der Waals surface area (Å²) in [7, 11) is -17.5. The second kappa shape index (κ2) is 13.9. The minimum Gasteiger partial charge on any atom is -0.0379 e. The van der Waals surface area contributed by atoms with Crippen molar-refractivity contribution in [1.82, 2.24) is 0 Å². The van der Waals surface area contributed by atoms with Crippen LogP contribution in [0.3, 0.4) is 0 Å². The van der Waals surface area contributed by atoms with Crippen LogP contribution in [0, 0.1) is 0 Å². The van der Waals surface area contributed by atoms with E-state index in [0.717, 1.165) is 0 Å². The highest BCUT2D eigenvalue weighted by atomic mass is 12.8. The number of hydrogen-bond donors (Lipinski definition) is 0. The van der Waals surface area contributed by atoms with Crippen LogP contribution in [0.15, 0.2) is 0 Å². The average molecular weight is 180 g/mol. The molecule has 0 atom stereocenters. The van der Waals surface area contributed by atoms with Crippen molar-refractivity contribution in [3.8, 4) is 0 Å². The smallest absolute Gasteiger partial charge is 0.0379 e. The third kappa shape index (κ3) is 12.9. The Labute approximate surface area is 119 Å². The van der Waals surface area contributed by atoms with Gasteiger partial charge in [0.05, 0.1) is 0 Å². The fourth-order valence-electron chi connectivity index (χ4n) is 0.642. The summed E-state index contributed by atoms with van der Waals surface area (Å²) in [6, 6.07) is 0. The van der Waals surface area contributed by atoms with Crippen LogP contribution in [0.25, 0.3) is 0 Å². The van der Waals surface area contributed by atoms with Crippen molar-refractivity contribution in [3.63, 3.8) is 0 Å². The van der Waals surface area contributed by atoms with Gasteiger partial charge in [0.1, 0.15) is 0 Å². The van der Waals surface area contributed by atoms with Gasteiger partial charge in [-0.15, -0.1) is 0 Å². The van der Waals surface area contributed by atoms with Gasteiger partial charge in [0.2, 0.25) is 0 Å². The minimum absolute atomic E-state index is 0.639. The molecule has 0 aliphatic heterocycles. The second-order valence-corrected chi connectivity index (χ2v) is 2.31. The topological polar surface area (TPSA) is 0 Å². The molecule has 0 aromatic carbocycles. The zero-order chi connectivity index (χ0) is 22.3. The SMILES string of the molecule is [2H][B]B([2H])B([2H])B([2H])B([2H])B([2H])B([2H])B([2H])B([2H])B([2H])B([2H])B([2H])B([2H])[B][2H]. The highest BCUT2D eigenvalue weighted by Crippen LogP contribution is 1.58. The summed E-state index contributed by atoms with van der Waals surface area (Å²) in [6.45, 7) is 0. The number of hydrogen-bond acceptors (Lipinski definition) is 0. The van der Waals surface area contributed by atoms with Crippen LogP contribution >= 0.6 is 0 Å². The number of rotatable bonds is 13. The molecule has 0 N–H and O–H groups in total. The van der Waals surface area contributed by atoms with Crippen molar-refractivity contribution in [2.45, 2.75) is 0 Å². The highest BCUT2D eigenvalue weighted by molar-refractivity contribution is 7.72. The zero-order valence-corrected chi connectivity index (χ0v) is 8.08. The molecule has 0 aromatic heterocycles. The van der Waals surface area contributed by atoms with Gasteiger partial charge in [0, 0.05) is 99.7 Å². The van der Waals surface area contributed by atoms with Gasteiger partial charge in [-0.3, -0.25) is 0 Å². The monoisotopic (exact) mass is 182 g/mol. The predicted octanol–water partition coefficient (Wildman–Crippen LogP) is -9.08. The Balaban J connectivity index is 5.08. The first-order valence-electron chi connectivity index (χ1n) is 12.4. The van der Waals surface area contributed by atoms with Crippen molar-refractivity contribution in [1.29, 1.82) is 18.7 Å². The standard InChI is InChI=1S/B14H14/c1-3-5-7-9-11-13-14-12-10-8-6-4-2/h1-14H/i1D,2D,3D,4D,5D,6D,7D,8D,9D,10D,11D,12D,13D,14D. The van der Waals surface area contributed by atoms with E-state index in [-0.39, 0.29) is 0 Å². The summed E-state index contributed by atoms with van der Waals surface area (Å²) in [5.41, 5.74) is 0. The normalized spacial score (nSPS) is 20.6. The molecule has 0 aliphatic rings. The molecule has 0 unspecified atom stereocenters. The van der Waals surface area contributed by atoms with Gasteiger partial charge in [-0.1, -0.05) is 0 Å². The van der Waals surface area contributed by atoms with Crippen molar-refractivity contribution in [2.75, 3.05) is 0 Å². The Hall–Kier alpha value is 0.909. The van der Waals surface area contributed by atoms with Crippen molar-refractivity contribution < 1.29 is 0 Å². The van der Waals surface area contributed by atoms with Crippen molar-refractivity contribution >= 4 is 99.7 Å². The summed E-state index contributed by atoms with van der Waals surface area (Å²) in [5, 5.41) is 0. The van der Waals surface area contributed by atoms with Crippen molar-refractivity contribution in [3.05, 3.63) is 0 Å². The van der Waals surface area contributed by atoms with E-state index in [4.69, 9.17) is 18.7 Å². The summed E-state index contributed by atoms with van der Waals surface area (Å²) < 4.78 is 107.